The van der Waals surface area contributed by atoms with E-state index in [1.54, 1.807) is 0 Å². The number of rotatable bonds is 1. The third-order valence-corrected chi connectivity index (χ3v) is 1.90. The van der Waals surface area contributed by atoms with Crippen LogP contribution in [-0.2, 0) is 0 Å². The highest BCUT2D eigenvalue weighted by molar-refractivity contribution is 9.10. The fraction of sp³-hybridized carbons (Fsp3) is 0.286. The highest BCUT2D eigenvalue weighted by Crippen LogP contribution is 2.25. The van der Waals surface area contributed by atoms with Crippen LogP contribution in [0.4, 0.5) is 19.0 Å². The van der Waals surface area contributed by atoms with Crippen molar-refractivity contribution < 1.29 is 13.2 Å². The summed E-state index contributed by atoms with van der Waals surface area (Å²) in [7, 11) is 0.927. The second-order valence-corrected chi connectivity index (χ2v) is 3.28. The maximum atomic E-state index is 12.1. The van der Waals surface area contributed by atoms with Crippen LogP contribution in [0, 0.1) is 0 Å². The molecule has 0 saturated heterocycles. The van der Waals surface area contributed by atoms with Gasteiger partial charge in [0, 0.05) is 17.7 Å². The Morgan fingerprint density at radius 2 is 2.00 bits per heavy atom. The molecule has 0 aliphatic carbocycles. The molecule has 2 nitrogen and oxygen atoms in total. The van der Waals surface area contributed by atoms with Gasteiger partial charge < -0.3 is 0 Å². The minimum Gasteiger partial charge on any atom is -0.271 e. The maximum absolute atomic E-state index is 12.1. The molecule has 0 radical (unpaired) electrons. The van der Waals surface area contributed by atoms with Crippen molar-refractivity contribution in [1.29, 1.82) is 0 Å². The van der Waals surface area contributed by atoms with Gasteiger partial charge in [0.2, 0.25) is 0 Å². The molecule has 1 heterocycles. The molecule has 72 valence electrons. The second-order valence-electron chi connectivity index (χ2n) is 2.36. The lowest BCUT2D eigenvalue weighted by Crippen LogP contribution is -2.34. The summed E-state index contributed by atoms with van der Waals surface area (Å²) in [6.45, 7) is 0. The van der Waals surface area contributed by atoms with E-state index in [4.69, 9.17) is 0 Å². The fourth-order valence-corrected chi connectivity index (χ4v) is 0.931. The number of pyridine rings is 1. The maximum Gasteiger partial charge on any atom is 0.485 e. The van der Waals surface area contributed by atoms with Gasteiger partial charge in [-0.05, 0) is 28.1 Å². The van der Waals surface area contributed by atoms with Crippen molar-refractivity contribution in [3.63, 3.8) is 0 Å². The zero-order chi connectivity index (χ0) is 10.1. The minimum atomic E-state index is -4.39. The number of alkyl halides is 3. The van der Waals surface area contributed by atoms with Gasteiger partial charge in [-0.25, -0.2) is 4.98 Å². The Morgan fingerprint density at radius 1 is 1.38 bits per heavy atom. The van der Waals surface area contributed by atoms with E-state index in [0.29, 0.717) is 4.47 Å². The molecule has 0 aliphatic rings. The molecule has 0 atom stereocenters. The average molecular weight is 255 g/mol. The van der Waals surface area contributed by atoms with Crippen molar-refractivity contribution >= 4 is 21.7 Å². The predicted molar refractivity (Wildman–Crippen MR) is 46.4 cm³/mol. The summed E-state index contributed by atoms with van der Waals surface area (Å²) in [4.78, 5) is 3.76. The van der Waals surface area contributed by atoms with Crippen molar-refractivity contribution in [3.05, 3.63) is 22.8 Å². The molecule has 0 saturated carbocycles. The van der Waals surface area contributed by atoms with Gasteiger partial charge in [-0.15, -0.1) is 0 Å². The molecular formula is C7H6BrF3N2. The second kappa shape index (κ2) is 3.53. The third kappa shape index (κ3) is 2.58. The summed E-state index contributed by atoms with van der Waals surface area (Å²) in [5.41, 5.74) is 0. The summed E-state index contributed by atoms with van der Waals surface area (Å²) in [6.07, 6.45) is -3.07. The Morgan fingerprint density at radius 3 is 2.38 bits per heavy atom. The molecule has 0 aliphatic heterocycles. The molecule has 0 spiro atoms. The lowest BCUT2D eigenvalue weighted by molar-refractivity contribution is -0.126. The van der Waals surface area contributed by atoms with Crippen LogP contribution in [0.3, 0.4) is 0 Å². The van der Waals surface area contributed by atoms with Crippen LogP contribution in [0.1, 0.15) is 0 Å². The summed E-state index contributed by atoms with van der Waals surface area (Å²) in [6, 6.07) is 2.79. The molecule has 1 aromatic heterocycles. The summed E-state index contributed by atoms with van der Waals surface area (Å²) >= 11 is 3.08. The Balaban J connectivity index is 2.90. The van der Waals surface area contributed by atoms with Crippen molar-refractivity contribution in [2.24, 2.45) is 0 Å². The summed E-state index contributed by atoms with van der Waals surface area (Å²) < 4.78 is 37.0. The van der Waals surface area contributed by atoms with E-state index >= 15 is 0 Å². The Labute approximate surface area is 81.5 Å². The normalized spacial score (nSPS) is 11.5. The highest BCUT2D eigenvalue weighted by atomic mass is 79.9. The van der Waals surface area contributed by atoms with Crippen LogP contribution >= 0.6 is 15.9 Å². The van der Waals surface area contributed by atoms with E-state index in [1.807, 2.05) is 0 Å². The first-order valence-electron chi connectivity index (χ1n) is 3.33. The Kier molecular flexibility index (Phi) is 2.80. The van der Waals surface area contributed by atoms with E-state index < -0.39 is 6.30 Å². The van der Waals surface area contributed by atoms with Gasteiger partial charge in [0.25, 0.3) is 0 Å². The number of hydrogen-bond donors (Lipinski definition) is 0. The molecule has 6 heteroatoms. The van der Waals surface area contributed by atoms with Gasteiger partial charge in [0.15, 0.2) is 0 Å². The SMILES string of the molecule is CN(c1ccc(Br)cn1)C(F)(F)F. The number of halogens is 4. The number of hydrogen-bond acceptors (Lipinski definition) is 2. The highest BCUT2D eigenvalue weighted by Gasteiger charge is 2.34. The number of anilines is 1. The van der Waals surface area contributed by atoms with Crippen molar-refractivity contribution in [1.82, 2.24) is 4.98 Å². The number of aromatic nitrogens is 1. The van der Waals surface area contributed by atoms with E-state index in [9.17, 15) is 13.2 Å². The van der Waals surface area contributed by atoms with E-state index in [-0.39, 0.29) is 10.7 Å². The molecule has 0 bridgehead atoms. The summed E-state index contributed by atoms with van der Waals surface area (Å²) in [5, 5.41) is 0. The van der Waals surface area contributed by atoms with Crippen molar-refractivity contribution in [3.8, 4) is 0 Å². The minimum absolute atomic E-state index is 0.129. The van der Waals surface area contributed by atoms with Crippen LogP contribution in [0.25, 0.3) is 0 Å². The van der Waals surface area contributed by atoms with Gasteiger partial charge in [0.1, 0.15) is 5.82 Å². The van der Waals surface area contributed by atoms with Gasteiger partial charge >= 0.3 is 6.30 Å². The van der Waals surface area contributed by atoms with Crippen LogP contribution in [0.5, 0.6) is 0 Å². The lowest BCUT2D eigenvalue weighted by atomic mass is 10.4. The molecule has 1 rings (SSSR count). The molecule has 0 amide bonds. The van der Waals surface area contributed by atoms with Crippen LogP contribution < -0.4 is 4.90 Å². The van der Waals surface area contributed by atoms with E-state index in [0.717, 1.165) is 7.05 Å². The quantitative estimate of drug-likeness (QED) is 0.717. The van der Waals surface area contributed by atoms with Crippen molar-refractivity contribution in [2.75, 3.05) is 11.9 Å². The molecule has 13 heavy (non-hydrogen) atoms. The smallest absolute Gasteiger partial charge is 0.271 e. The molecule has 0 aromatic carbocycles. The summed E-state index contributed by atoms with van der Waals surface area (Å²) in [5.74, 6) is -0.129. The van der Waals surface area contributed by atoms with Crippen LogP contribution in [0.15, 0.2) is 22.8 Å². The molecule has 0 N–H and O–H groups in total. The first kappa shape index (κ1) is 10.3. The molecule has 0 unspecified atom stereocenters. The monoisotopic (exact) mass is 254 g/mol. The predicted octanol–water partition coefficient (Wildman–Crippen LogP) is 2.80. The topological polar surface area (TPSA) is 16.1 Å². The molecular weight excluding hydrogens is 249 g/mol. The molecule has 1 aromatic rings. The first-order valence-corrected chi connectivity index (χ1v) is 4.12. The van der Waals surface area contributed by atoms with Gasteiger partial charge in [-0.1, -0.05) is 0 Å². The Hall–Kier alpha value is -0.780. The van der Waals surface area contributed by atoms with Gasteiger partial charge in [-0.2, -0.15) is 13.2 Å². The fourth-order valence-electron chi connectivity index (χ4n) is 0.696. The average Bonchev–Trinajstić information content (AvgIpc) is 2.03. The number of nitrogens with zero attached hydrogens (tertiary/aromatic N) is 2. The molecule has 0 fully saturated rings. The third-order valence-electron chi connectivity index (χ3n) is 1.44. The van der Waals surface area contributed by atoms with Crippen LogP contribution in [0.2, 0.25) is 0 Å². The van der Waals surface area contributed by atoms with Gasteiger partial charge in [-0.3, -0.25) is 4.90 Å². The van der Waals surface area contributed by atoms with E-state index in [2.05, 4.69) is 20.9 Å². The lowest BCUT2D eigenvalue weighted by Gasteiger charge is -2.20. The first-order chi connectivity index (χ1) is 5.91. The zero-order valence-electron chi connectivity index (χ0n) is 6.64. The van der Waals surface area contributed by atoms with Gasteiger partial charge in [0.05, 0.1) is 0 Å². The standard InChI is InChI=1S/C7H6BrF3N2/c1-13(7(9,10)11)6-3-2-5(8)4-12-6/h2-4H,1H3. The van der Waals surface area contributed by atoms with Crippen LogP contribution in [-0.4, -0.2) is 18.3 Å². The largest absolute Gasteiger partial charge is 0.485 e. The zero-order valence-corrected chi connectivity index (χ0v) is 8.22. The van der Waals surface area contributed by atoms with E-state index in [1.165, 1.54) is 18.3 Å². The van der Waals surface area contributed by atoms with Crippen molar-refractivity contribution in [2.45, 2.75) is 6.30 Å². The Bertz CT molecular complexity index is 283.